The Hall–Kier alpha value is -0.470. The molecule has 0 aliphatic carbocycles. The zero-order chi connectivity index (χ0) is 10.9. The van der Waals surface area contributed by atoms with Crippen molar-refractivity contribution >= 4 is 11.8 Å². The standard InChI is InChI=1S/C13H21NS/c1-3-14-9-4-5-10-15-13-8-6-7-12(2)11-13/h6-8,11,14H,3-5,9-10H2,1-2H3. The molecule has 0 unspecified atom stereocenters. The van der Waals surface area contributed by atoms with Crippen LogP contribution in [-0.4, -0.2) is 18.8 Å². The number of hydrogen-bond donors (Lipinski definition) is 1. The van der Waals surface area contributed by atoms with E-state index in [-0.39, 0.29) is 0 Å². The third kappa shape index (κ3) is 5.85. The van der Waals surface area contributed by atoms with Gasteiger partial charge in [0.05, 0.1) is 0 Å². The minimum Gasteiger partial charge on any atom is -0.317 e. The smallest absolute Gasteiger partial charge is 0.00745 e. The molecule has 0 aliphatic heterocycles. The SMILES string of the molecule is CCNCCCCSc1cccc(C)c1. The van der Waals surface area contributed by atoms with Crippen molar-refractivity contribution in [3.63, 3.8) is 0 Å². The first-order valence-corrected chi connectivity index (χ1v) is 6.71. The van der Waals surface area contributed by atoms with Gasteiger partial charge >= 0.3 is 0 Å². The van der Waals surface area contributed by atoms with E-state index in [9.17, 15) is 0 Å². The molecule has 2 heteroatoms. The predicted octanol–water partition coefficient (Wildman–Crippen LogP) is 3.48. The van der Waals surface area contributed by atoms with Crippen LogP contribution in [-0.2, 0) is 0 Å². The van der Waals surface area contributed by atoms with Crippen LogP contribution in [0.4, 0.5) is 0 Å². The maximum Gasteiger partial charge on any atom is 0.00745 e. The van der Waals surface area contributed by atoms with Crippen LogP contribution in [0.15, 0.2) is 29.2 Å². The second kappa shape index (κ2) is 7.77. The Kier molecular flexibility index (Phi) is 6.53. The van der Waals surface area contributed by atoms with E-state index >= 15 is 0 Å². The monoisotopic (exact) mass is 223 g/mol. The highest BCUT2D eigenvalue weighted by Crippen LogP contribution is 2.19. The van der Waals surface area contributed by atoms with Gasteiger partial charge in [0.25, 0.3) is 0 Å². The fraction of sp³-hybridized carbons (Fsp3) is 0.538. The Morgan fingerprint density at radius 1 is 1.27 bits per heavy atom. The number of thioether (sulfide) groups is 1. The van der Waals surface area contributed by atoms with Gasteiger partial charge < -0.3 is 5.32 Å². The maximum atomic E-state index is 3.35. The highest BCUT2D eigenvalue weighted by atomic mass is 32.2. The van der Waals surface area contributed by atoms with Gasteiger partial charge in [-0.2, -0.15) is 0 Å². The number of unbranched alkanes of at least 4 members (excludes halogenated alkanes) is 1. The van der Waals surface area contributed by atoms with E-state index in [1.807, 2.05) is 11.8 Å². The molecule has 0 spiro atoms. The van der Waals surface area contributed by atoms with E-state index in [0.29, 0.717) is 0 Å². The first kappa shape index (κ1) is 12.6. The Balaban J connectivity index is 2.10. The topological polar surface area (TPSA) is 12.0 Å². The lowest BCUT2D eigenvalue weighted by molar-refractivity contribution is 0.666. The molecule has 0 aromatic heterocycles. The Labute approximate surface area is 97.7 Å². The summed E-state index contributed by atoms with van der Waals surface area (Å²) in [6.45, 7) is 6.55. The molecule has 0 aliphatic rings. The van der Waals surface area contributed by atoms with Gasteiger partial charge in [0, 0.05) is 4.90 Å². The van der Waals surface area contributed by atoms with Crippen LogP contribution >= 0.6 is 11.8 Å². The van der Waals surface area contributed by atoms with E-state index in [4.69, 9.17) is 0 Å². The molecule has 0 radical (unpaired) electrons. The molecule has 0 bridgehead atoms. The van der Waals surface area contributed by atoms with E-state index in [0.717, 1.165) is 13.1 Å². The van der Waals surface area contributed by atoms with E-state index in [1.54, 1.807) is 0 Å². The van der Waals surface area contributed by atoms with Crippen molar-refractivity contribution in [2.75, 3.05) is 18.8 Å². The second-order valence-electron chi connectivity index (χ2n) is 3.73. The highest BCUT2D eigenvalue weighted by molar-refractivity contribution is 7.99. The van der Waals surface area contributed by atoms with Crippen LogP contribution in [0.5, 0.6) is 0 Å². The number of nitrogens with one attached hydrogen (secondary N) is 1. The molecular weight excluding hydrogens is 202 g/mol. The summed E-state index contributed by atoms with van der Waals surface area (Å²) in [5, 5.41) is 3.35. The normalized spacial score (nSPS) is 10.5. The third-order valence-corrected chi connectivity index (χ3v) is 3.34. The molecule has 1 N–H and O–H groups in total. The first-order chi connectivity index (χ1) is 7.33. The van der Waals surface area contributed by atoms with Gasteiger partial charge in [-0.05, 0) is 50.7 Å². The van der Waals surface area contributed by atoms with Crippen molar-refractivity contribution in [1.29, 1.82) is 0 Å². The van der Waals surface area contributed by atoms with Gasteiger partial charge in [-0.15, -0.1) is 11.8 Å². The van der Waals surface area contributed by atoms with Gasteiger partial charge in [-0.3, -0.25) is 0 Å². The molecule has 0 saturated carbocycles. The molecule has 1 nitrogen and oxygen atoms in total. The summed E-state index contributed by atoms with van der Waals surface area (Å²) >= 11 is 1.96. The molecule has 84 valence electrons. The van der Waals surface area contributed by atoms with Crippen molar-refractivity contribution in [1.82, 2.24) is 5.32 Å². The molecule has 0 amide bonds. The number of aryl methyl sites for hydroxylation is 1. The average molecular weight is 223 g/mol. The van der Waals surface area contributed by atoms with Gasteiger partial charge in [0.2, 0.25) is 0 Å². The molecule has 0 heterocycles. The molecule has 15 heavy (non-hydrogen) atoms. The van der Waals surface area contributed by atoms with Crippen molar-refractivity contribution in [3.05, 3.63) is 29.8 Å². The number of hydrogen-bond acceptors (Lipinski definition) is 2. The predicted molar refractivity (Wildman–Crippen MR) is 69.7 cm³/mol. The minimum absolute atomic E-state index is 1.09. The summed E-state index contributed by atoms with van der Waals surface area (Å²) in [6, 6.07) is 8.74. The maximum absolute atomic E-state index is 3.35. The quantitative estimate of drug-likeness (QED) is 0.561. The average Bonchev–Trinajstić information content (AvgIpc) is 2.23. The van der Waals surface area contributed by atoms with Crippen molar-refractivity contribution in [2.24, 2.45) is 0 Å². The van der Waals surface area contributed by atoms with Crippen LogP contribution < -0.4 is 5.32 Å². The van der Waals surface area contributed by atoms with Crippen LogP contribution in [0.3, 0.4) is 0 Å². The van der Waals surface area contributed by atoms with Gasteiger partial charge in [0.1, 0.15) is 0 Å². The van der Waals surface area contributed by atoms with Crippen molar-refractivity contribution in [3.8, 4) is 0 Å². The summed E-state index contributed by atoms with van der Waals surface area (Å²) in [4.78, 5) is 1.40. The lowest BCUT2D eigenvalue weighted by Gasteiger charge is -2.03. The van der Waals surface area contributed by atoms with Crippen LogP contribution in [0.2, 0.25) is 0 Å². The molecule has 0 saturated heterocycles. The molecule has 1 aromatic carbocycles. The summed E-state index contributed by atoms with van der Waals surface area (Å²) in [7, 11) is 0. The fourth-order valence-electron chi connectivity index (χ4n) is 1.42. The van der Waals surface area contributed by atoms with Crippen LogP contribution in [0.25, 0.3) is 0 Å². The zero-order valence-electron chi connectivity index (χ0n) is 9.75. The third-order valence-electron chi connectivity index (χ3n) is 2.26. The first-order valence-electron chi connectivity index (χ1n) is 5.73. The second-order valence-corrected chi connectivity index (χ2v) is 4.89. The van der Waals surface area contributed by atoms with Crippen LogP contribution in [0, 0.1) is 6.92 Å². The lowest BCUT2D eigenvalue weighted by atomic mass is 10.2. The van der Waals surface area contributed by atoms with E-state index in [2.05, 4.69) is 43.4 Å². The molecule has 1 aromatic rings. The zero-order valence-corrected chi connectivity index (χ0v) is 10.6. The lowest BCUT2D eigenvalue weighted by Crippen LogP contribution is -2.13. The molecule has 0 fully saturated rings. The Morgan fingerprint density at radius 3 is 2.87 bits per heavy atom. The Bertz CT molecular complexity index is 273. The van der Waals surface area contributed by atoms with Crippen LogP contribution in [0.1, 0.15) is 25.3 Å². The number of benzene rings is 1. The minimum atomic E-state index is 1.09. The summed E-state index contributed by atoms with van der Waals surface area (Å²) in [5.41, 5.74) is 1.35. The summed E-state index contributed by atoms with van der Waals surface area (Å²) in [5.74, 6) is 1.23. The largest absolute Gasteiger partial charge is 0.317 e. The summed E-state index contributed by atoms with van der Waals surface area (Å²) in [6.07, 6.45) is 2.58. The van der Waals surface area contributed by atoms with Gasteiger partial charge in [0.15, 0.2) is 0 Å². The van der Waals surface area contributed by atoms with E-state index < -0.39 is 0 Å². The number of rotatable bonds is 7. The summed E-state index contributed by atoms with van der Waals surface area (Å²) < 4.78 is 0. The molecule has 0 atom stereocenters. The van der Waals surface area contributed by atoms with E-state index in [1.165, 1.54) is 29.1 Å². The molecular formula is C13H21NS. The Morgan fingerprint density at radius 2 is 2.13 bits per heavy atom. The molecule has 1 rings (SSSR count). The fourth-order valence-corrected chi connectivity index (χ4v) is 2.45. The van der Waals surface area contributed by atoms with Crippen molar-refractivity contribution < 1.29 is 0 Å². The van der Waals surface area contributed by atoms with Gasteiger partial charge in [-0.25, -0.2) is 0 Å². The van der Waals surface area contributed by atoms with Gasteiger partial charge in [-0.1, -0.05) is 24.6 Å². The van der Waals surface area contributed by atoms with Crippen molar-refractivity contribution in [2.45, 2.75) is 31.6 Å². The highest BCUT2D eigenvalue weighted by Gasteiger charge is 1.94.